The summed E-state index contributed by atoms with van der Waals surface area (Å²) >= 11 is 0. The second-order valence-electron chi connectivity index (χ2n) is 8.68. The maximum atomic E-state index is 9.11. The molecule has 0 bridgehead atoms. The predicted octanol–water partition coefficient (Wildman–Crippen LogP) is 2.60. The number of hydrogen-bond donors (Lipinski definition) is 3. The molecule has 0 rings (SSSR count). The third kappa shape index (κ3) is 15.5. The molecule has 204 valence electrons. The van der Waals surface area contributed by atoms with Crippen molar-refractivity contribution >= 4 is 14.9 Å². The number of ether oxygens (including phenoxy) is 3. The molecule has 0 amide bonds. The van der Waals surface area contributed by atoms with Gasteiger partial charge in [-0.3, -0.25) is 4.99 Å². The van der Waals surface area contributed by atoms with E-state index in [9.17, 15) is 0 Å². The predicted molar refractivity (Wildman–Crippen MR) is 135 cm³/mol. The lowest BCUT2D eigenvalue weighted by Gasteiger charge is -2.38. The standard InChI is InChI=1S/C23H49N2O8P/c1-6-24-20-33-34(25(21(2)3)22(4)5)32-19-23(16-29-13-7-10-26,17-30-14-8-11-27)18-31-15-9-12-28/h20-22,26-28H,6-19H2,1-5H3/b24-20+. The lowest BCUT2D eigenvalue weighted by Crippen LogP contribution is -2.43. The van der Waals surface area contributed by atoms with E-state index in [4.69, 9.17) is 38.6 Å². The number of hydrogen-bond acceptors (Lipinski definition) is 10. The molecule has 11 heteroatoms. The minimum atomic E-state index is -1.45. The van der Waals surface area contributed by atoms with E-state index >= 15 is 0 Å². The number of aliphatic imine (C=N–C) groups is 1. The summed E-state index contributed by atoms with van der Waals surface area (Å²) in [5, 5.41) is 27.3. The van der Waals surface area contributed by atoms with Crippen molar-refractivity contribution in [3.63, 3.8) is 0 Å². The maximum absolute atomic E-state index is 9.11. The van der Waals surface area contributed by atoms with Gasteiger partial charge in [0.15, 0.2) is 6.40 Å². The topological polar surface area (TPSA) is 122 Å². The molecule has 10 nitrogen and oxygen atoms in total. The van der Waals surface area contributed by atoms with Crippen LogP contribution >= 0.6 is 8.53 Å². The molecular weight excluding hydrogens is 463 g/mol. The summed E-state index contributed by atoms with van der Waals surface area (Å²) < 4.78 is 32.1. The molecule has 0 aromatic heterocycles. The molecule has 0 heterocycles. The van der Waals surface area contributed by atoms with Gasteiger partial charge in [-0.05, 0) is 53.9 Å². The summed E-state index contributed by atoms with van der Waals surface area (Å²) in [5.41, 5.74) is -0.633. The molecule has 0 aromatic rings. The van der Waals surface area contributed by atoms with Gasteiger partial charge in [0.2, 0.25) is 0 Å². The van der Waals surface area contributed by atoms with E-state index in [1.54, 1.807) is 0 Å². The zero-order chi connectivity index (χ0) is 25.7. The quantitative estimate of drug-likeness (QED) is 0.0775. The van der Waals surface area contributed by atoms with Crippen LogP contribution in [-0.2, 0) is 23.3 Å². The Labute approximate surface area is 207 Å². The van der Waals surface area contributed by atoms with Crippen molar-refractivity contribution in [2.75, 3.05) is 72.6 Å². The van der Waals surface area contributed by atoms with Gasteiger partial charge in [0, 0.05) is 58.3 Å². The molecule has 0 aliphatic carbocycles. The summed E-state index contributed by atoms with van der Waals surface area (Å²) in [4.78, 5) is 4.18. The van der Waals surface area contributed by atoms with E-state index in [2.05, 4.69) is 37.4 Å². The highest BCUT2D eigenvalue weighted by atomic mass is 31.2. The molecule has 0 spiro atoms. The monoisotopic (exact) mass is 512 g/mol. The molecule has 0 saturated heterocycles. The van der Waals surface area contributed by atoms with Crippen LogP contribution in [0, 0.1) is 5.41 Å². The van der Waals surface area contributed by atoms with Crippen LogP contribution in [0.25, 0.3) is 0 Å². The molecule has 0 aliphatic rings. The Hall–Kier alpha value is -0.420. The largest absolute Gasteiger partial charge is 0.425 e. The Balaban J connectivity index is 5.62. The highest BCUT2D eigenvalue weighted by Gasteiger charge is 2.36. The van der Waals surface area contributed by atoms with Crippen LogP contribution in [0.3, 0.4) is 0 Å². The summed E-state index contributed by atoms with van der Waals surface area (Å²) in [5.74, 6) is 0. The van der Waals surface area contributed by atoms with Gasteiger partial charge < -0.3 is 38.6 Å². The molecule has 3 N–H and O–H groups in total. The van der Waals surface area contributed by atoms with Crippen molar-refractivity contribution in [2.24, 2.45) is 10.4 Å². The van der Waals surface area contributed by atoms with Gasteiger partial charge in [-0.2, -0.15) is 0 Å². The Morgan fingerprint density at radius 3 is 1.59 bits per heavy atom. The number of nitrogens with zero attached hydrogens (tertiary/aromatic N) is 2. The van der Waals surface area contributed by atoms with Crippen LogP contribution in [0.15, 0.2) is 4.99 Å². The molecule has 1 unspecified atom stereocenters. The fourth-order valence-electron chi connectivity index (χ4n) is 3.08. The Morgan fingerprint density at radius 2 is 1.24 bits per heavy atom. The van der Waals surface area contributed by atoms with E-state index in [1.165, 1.54) is 6.40 Å². The van der Waals surface area contributed by atoms with Gasteiger partial charge in [-0.1, -0.05) is 0 Å². The molecule has 0 radical (unpaired) electrons. The second kappa shape index (κ2) is 21.8. The van der Waals surface area contributed by atoms with Crippen molar-refractivity contribution in [1.82, 2.24) is 4.67 Å². The Morgan fingerprint density at radius 1 is 0.794 bits per heavy atom. The van der Waals surface area contributed by atoms with Crippen molar-refractivity contribution < 1.29 is 38.6 Å². The van der Waals surface area contributed by atoms with E-state index in [-0.39, 0.29) is 38.5 Å². The van der Waals surface area contributed by atoms with Crippen LogP contribution in [0.2, 0.25) is 0 Å². The summed E-state index contributed by atoms with van der Waals surface area (Å²) in [6, 6.07) is 0.385. The third-order valence-electron chi connectivity index (χ3n) is 4.69. The van der Waals surface area contributed by atoms with Gasteiger partial charge in [0.05, 0.1) is 31.8 Å². The molecule has 0 saturated carbocycles. The van der Waals surface area contributed by atoms with E-state index in [1.807, 2.05) is 6.92 Å². The molecule has 0 aromatic carbocycles. The Bertz CT molecular complexity index is 447. The molecule has 1 atom stereocenters. The van der Waals surface area contributed by atoms with Gasteiger partial charge in [-0.15, -0.1) is 0 Å². The summed E-state index contributed by atoms with van der Waals surface area (Å²) in [6.45, 7) is 13.5. The van der Waals surface area contributed by atoms with Crippen LogP contribution in [0.4, 0.5) is 0 Å². The third-order valence-corrected chi connectivity index (χ3v) is 6.61. The molecule has 34 heavy (non-hydrogen) atoms. The fraction of sp³-hybridized carbons (Fsp3) is 0.957. The average Bonchev–Trinajstić information content (AvgIpc) is 2.80. The summed E-state index contributed by atoms with van der Waals surface area (Å²) in [6.07, 6.45) is 3.06. The maximum Gasteiger partial charge on any atom is 0.322 e. The van der Waals surface area contributed by atoms with Crippen LogP contribution in [0.1, 0.15) is 53.9 Å². The van der Waals surface area contributed by atoms with E-state index in [0.717, 1.165) is 0 Å². The minimum Gasteiger partial charge on any atom is -0.425 e. The van der Waals surface area contributed by atoms with Gasteiger partial charge in [0.25, 0.3) is 0 Å². The van der Waals surface area contributed by atoms with Crippen LogP contribution in [0.5, 0.6) is 0 Å². The van der Waals surface area contributed by atoms with Gasteiger partial charge in [-0.25, -0.2) is 4.67 Å². The average molecular weight is 513 g/mol. The molecular formula is C23H49N2O8P. The molecule has 0 aliphatic heterocycles. The first kappa shape index (κ1) is 33.6. The van der Waals surface area contributed by atoms with Crippen molar-refractivity contribution in [3.8, 4) is 0 Å². The number of aliphatic hydroxyl groups is 3. The smallest absolute Gasteiger partial charge is 0.322 e. The zero-order valence-corrected chi connectivity index (χ0v) is 22.8. The lowest BCUT2D eigenvalue weighted by atomic mass is 9.92. The number of rotatable bonds is 24. The fourth-order valence-corrected chi connectivity index (χ4v) is 4.67. The molecule has 0 fully saturated rings. The summed E-state index contributed by atoms with van der Waals surface area (Å²) in [7, 11) is -1.45. The van der Waals surface area contributed by atoms with E-state index < -0.39 is 13.9 Å². The highest BCUT2D eigenvalue weighted by Crippen LogP contribution is 2.46. The Kier molecular flexibility index (Phi) is 21.6. The lowest BCUT2D eigenvalue weighted by molar-refractivity contribution is -0.0917. The van der Waals surface area contributed by atoms with Crippen LogP contribution in [-0.4, -0.2) is 111 Å². The van der Waals surface area contributed by atoms with Crippen molar-refractivity contribution in [3.05, 3.63) is 0 Å². The first-order chi connectivity index (χ1) is 16.4. The normalized spacial score (nSPS) is 13.6. The second-order valence-corrected chi connectivity index (χ2v) is 10.1. The zero-order valence-electron chi connectivity index (χ0n) is 21.9. The van der Waals surface area contributed by atoms with Crippen molar-refractivity contribution in [1.29, 1.82) is 0 Å². The SMILES string of the molecule is CC/N=C/OP(OCC(COCCCO)(COCCCO)COCCCO)N(C(C)C)C(C)C. The van der Waals surface area contributed by atoms with Crippen LogP contribution < -0.4 is 0 Å². The van der Waals surface area contributed by atoms with Gasteiger partial charge >= 0.3 is 8.53 Å². The number of aliphatic hydroxyl groups excluding tert-OH is 3. The van der Waals surface area contributed by atoms with Gasteiger partial charge in [0.1, 0.15) is 0 Å². The van der Waals surface area contributed by atoms with Crippen molar-refractivity contribution in [2.45, 2.75) is 66.0 Å². The highest BCUT2D eigenvalue weighted by molar-refractivity contribution is 7.45. The first-order valence-electron chi connectivity index (χ1n) is 12.3. The van der Waals surface area contributed by atoms with E-state index in [0.29, 0.717) is 65.4 Å². The minimum absolute atomic E-state index is 0.0527. The first-order valence-corrected chi connectivity index (χ1v) is 13.4.